The lowest BCUT2D eigenvalue weighted by Crippen LogP contribution is -2.14. The van der Waals surface area contributed by atoms with Gasteiger partial charge in [-0.15, -0.1) is 0 Å². The molecule has 1 unspecified atom stereocenters. The van der Waals surface area contributed by atoms with E-state index in [9.17, 15) is 4.39 Å². The van der Waals surface area contributed by atoms with E-state index in [-0.39, 0.29) is 11.9 Å². The topological polar surface area (TPSA) is 26.0 Å². The van der Waals surface area contributed by atoms with E-state index in [4.69, 9.17) is 5.73 Å². The second kappa shape index (κ2) is 6.16. The van der Waals surface area contributed by atoms with Gasteiger partial charge in [0.2, 0.25) is 0 Å². The van der Waals surface area contributed by atoms with Crippen molar-refractivity contribution in [1.82, 2.24) is 0 Å². The Labute approximate surface area is 129 Å². The Morgan fingerprint density at radius 1 is 1.16 bits per heavy atom. The van der Waals surface area contributed by atoms with Gasteiger partial charge in [0.1, 0.15) is 5.82 Å². The molecular formula is C15H14Br2FN. The van der Waals surface area contributed by atoms with Gasteiger partial charge in [-0.2, -0.15) is 0 Å². The van der Waals surface area contributed by atoms with E-state index in [0.717, 1.165) is 25.6 Å². The average molecular weight is 387 g/mol. The minimum absolute atomic E-state index is 0.113. The Morgan fingerprint density at radius 3 is 2.53 bits per heavy atom. The van der Waals surface area contributed by atoms with Gasteiger partial charge in [-0.1, -0.05) is 44.0 Å². The molecular weight excluding hydrogens is 373 g/mol. The maximum Gasteiger partial charge on any atom is 0.124 e. The van der Waals surface area contributed by atoms with E-state index in [1.807, 2.05) is 19.1 Å². The van der Waals surface area contributed by atoms with Crippen LogP contribution >= 0.6 is 31.9 Å². The Morgan fingerprint density at radius 2 is 1.89 bits per heavy atom. The molecule has 0 aliphatic heterocycles. The SMILES string of the molecule is Cc1cc(Br)cc(C(N)Cc2ccc(F)cc2Br)c1. The first-order valence-corrected chi connectivity index (χ1v) is 7.51. The summed E-state index contributed by atoms with van der Waals surface area (Å²) in [5, 5.41) is 0. The standard InChI is InChI=1S/C15H14Br2FN/c1-9-4-11(6-12(16)5-9)15(19)7-10-2-3-13(18)8-14(10)17/h2-6,8,15H,7,19H2,1H3. The monoisotopic (exact) mass is 385 g/mol. The number of aryl methyl sites for hydroxylation is 1. The van der Waals surface area contributed by atoms with Crippen LogP contribution < -0.4 is 5.73 Å². The highest BCUT2D eigenvalue weighted by atomic mass is 79.9. The zero-order chi connectivity index (χ0) is 14.0. The molecule has 0 bridgehead atoms. The molecule has 1 atom stereocenters. The van der Waals surface area contributed by atoms with Crippen LogP contribution in [0.3, 0.4) is 0 Å². The third kappa shape index (κ3) is 3.88. The lowest BCUT2D eigenvalue weighted by Gasteiger charge is -2.14. The van der Waals surface area contributed by atoms with Gasteiger partial charge >= 0.3 is 0 Å². The van der Waals surface area contributed by atoms with Gasteiger partial charge in [-0.25, -0.2) is 4.39 Å². The summed E-state index contributed by atoms with van der Waals surface area (Å²) < 4.78 is 14.8. The summed E-state index contributed by atoms with van der Waals surface area (Å²) in [7, 11) is 0. The van der Waals surface area contributed by atoms with E-state index < -0.39 is 0 Å². The molecule has 19 heavy (non-hydrogen) atoms. The van der Waals surface area contributed by atoms with E-state index >= 15 is 0 Å². The fraction of sp³-hybridized carbons (Fsp3) is 0.200. The Balaban J connectivity index is 2.22. The Hall–Kier alpha value is -0.710. The molecule has 0 heterocycles. The highest BCUT2D eigenvalue weighted by Gasteiger charge is 2.11. The van der Waals surface area contributed by atoms with Gasteiger partial charge in [0.05, 0.1) is 0 Å². The molecule has 0 radical (unpaired) electrons. The first-order valence-electron chi connectivity index (χ1n) is 5.92. The molecule has 2 N–H and O–H groups in total. The second-order valence-corrected chi connectivity index (χ2v) is 6.38. The third-order valence-electron chi connectivity index (χ3n) is 2.95. The van der Waals surface area contributed by atoms with Gasteiger partial charge in [0.15, 0.2) is 0 Å². The van der Waals surface area contributed by atoms with Crippen molar-refractivity contribution in [2.45, 2.75) is 19.4 Å². The summed E-state index contributed by atoms with van der Waals surface area (Å²) in [6.45, 7) is 2.04. The maximum absolute atomic E-state index is 13.0. The summed E-state index contributed by atoms with van der Waals surface area (Å²) in [4.78, 5) is 0. The molecule has 0 fully saturated rings. The van der Waals surface area contributed by atoms with Crippen LogP contribution in [-0.4, -0.2) is 0 Å². The van der Waals surface area contributed by atoms with Crippen LogP contribution in [-0.2, 0) is 6.42 Å². The molecule has 2 aromatic rings. The Kier molecular flexibility index (Phi) is 4.76. The summed E-state index contributed by atoms with van der Waals surface area (Å²) >= 11 is 6.85. The van der Waals surface area contributed by atoms with Crippen molar-refractivity contribution in [2.75, 3.05) is 0 Å². The van der Waals surface area contributed by atoms with Crippen LogP contribution in [0.4, 0.5) is 4.39 Å². The fourth-order valence-corrected chi connectivity index (χ4v) is 3.16. The number of rotatable bonds is 3. The molecule has 2 rings (SSSR count). The molecule has 2 aromatic carbocycles. The lowest BCUT2D eigenvalue weighted by atomic mass is 9.98. The van der Waals surface area contributed by atoms with E-state index in [2.05, 4.69) is 37.9 Å². The minimum Gasteiger partial charge on any atom is -0.324 e. The number of nitrogens with two attached hydrogens (primary N) is 1. The van der Waals surface area contributed by atoms with Crippen LogP contribution in [0, 0.1) is 12.7 Å². The number of benzene rings is 2. The summed E-state index contributed by atoms with van der Waals surface area (Å²) in [5.41, 5.74) is 9.48. The number of halogens is 3. The maximum atomic E-state index is 13.0. The normalized spacial score (nSPS) is 12.5. The van der Waals surface area contributed by atoms with Crippen molar-refractivity contribution in [2.24, 2.45) is 5.73 Å². The summed E-state index contributed by atoms with van der Waals surface area (Å²) in [6.07, 6.45) is 0.663. The van der Waals surface area contributed by atoms with Crippen LogP contribution in [0.1, 0.15) is 22.7 Å². The summed E-state index contributed by atoms with van der Waals surface area (Å²) in [5.74, 6) is -0.248. The number of hydrogen-bond donors (Lipinski definition) is 1. The van der Waals surface area contributed by atoms with Gasteiger partial charge in [0.25, 0.3) is 0 Å². The van der Waals surface area contributed by atoms with Gasteiger partial charge < -0.3 is 5.73 Å². The van der Waals surface area contributed by atoms with Crippen molar-refractivity contribution >= 4 is 31.9 Å². The quantitative estimate of drug-likeness (QED) is 0.797. The van der Waals surface area contributed by atoms with Crippen molar-refractivity contribution in [1.29, 1.82) is 0 Å². The molecule has 0 aliphatic carbocycles. The third-order valence-corrected chi connectivity index (χ3v) is 4.14. The van der Waals surface area contributed by atoms with E-state index in [1.54, 1.807) is 6.07 Å². The minimum atomic E-state index is -0.248. The predicted octanol–water partition coefficient (Wildman–Crippen LogP) is 4.90. The molecule has 0 aliphatic rings. The first-order chi connectivity index (χ1) is 8.95. The van der Waals surface area contributed by atoms with E-state index in [0.29, 0.717) is 6.42 Å². The molecule has 4 heteroatoms. The molecule has 0 saturated heterocycles. The van der Waals surface area contributed by atoms with Crippen molar-refractivity contribution in [3.05, 3.63) is 67.9 Å². The molecule has 1 nitrogen and oxygen atoms in total. The van der Waals surface area contributed by atoms with Gasteiger partial charge in [0, 0.05) is 15.0 Å². The largest absolute Gasteiger partial charge is 0.324 e. The molecule has 0 spiro atoms. The van der Waals surface area contributed by atoms with E-state index in [1.165, 1.54) is 12.1 Å². The van der Waals surface area contributed by atoms with Crippen molar-refractivity contribution < 1.29 is 4.39 Å². The highest BCUT2D eigenvalue weighted by molar-refractivity contribution is 9.10. The smallest absolute Gasteiger partial charge is 0.124 e. The molecule has 100 valence electrons. The highest BCUT2D eigenvalue weighted by Crippen LogP contribution is 2.25. The zero-order valence-corrected chi connectivity index (χ0v) is 13.6. The Bertz CT molecular complexity index is 578. The fourth-order valence-electron chi connectivity index (χ4n) is 2.02. The lowest BCUT2D eigenvalue weighted by molar-refractivity contribution is 0.624. The number of hydrogen-bond acceptors (Lipinski definition) is 1. The zero-order valence-electron chi connectivity index (χ0n) is 10.5. The van der Waals surface area contributed by atoms with Crippen molar-refractivity contribution in [3.8, 4) is 0 Å². The molecule has 0 amide bonds. The molecule has 0 saturated carbocycles. The first kappa shape index (κ1) is 14.7. The van der Waals surface area contributed by atoms with Crippen LogP contribution in [0.5, 0.6) is 0 Å². The van der Waals surface area contributed by atoms with Crippen LogP contribution in [0.15, 0.2) is 45.3 Å². The summed E-state index contributed by atoms with van der Waals surface area (Å²) in [6, 6.07) is 10.7. The van der Waals surface area contributed by atoms with Crippen LogP contribution in [0.25, 0.3) is 0 Å². The average Bonchev–Trinajstić information content (AvgIpc) is 2.31. The van der Waals surface area contributed by atoms with Gasteiger partial charge in [-0.3, -0.25) is 0 Å². The predicted molar refractivity (Wildman–Crippen MR) is 83.6 cm³/mol. The van der Waals surface area contributed by atoms with Gasteiger partial charge in [-0.05, 0) is 54.3 Å². The second-order valence-electron chi connectivity index (χ2n) is 4.61. The van der Waals surface area contributed by atoms with Crippen molar-refractivity contribution in [3.63, 3.8) is 0 Å². The molecule has 0 aromatic heterocycles. The van der Waals surface area contributed by atoms with Crippen LogP contribution in [0.2, 0.25) is 0 Å².